The zero-order valence-corrected chi connectivity index (χ0v) is 18.9. The lowest BCUT2D eigenvalue weighted by Gasteiger charge is -2.12. The molecule has 0 aliphatic carbocycles. The van der Waals surface area contributed by atoms with Crippen LogP contribution in [0.15, 0.2) is 88.9 Å². The van der Waals surface area contributed by atoms with Crippen molar-refractivity contribution in [3.8, 4) is 11.3 Å². The van der Waals surface area contributed by atoms with E-state index in [0.717, 1.165) is 27.6 Å². The van der Waals surface area contributed by atoms with E-state index < -0.39 is 9.84 Å². The predicted octanol–water partition coefficient (Wildman–Crippen LogP) is 5.21. The number of rotatable bonds is 5. The summed E-state index contributed by atoms with van der Waals surface area (Å²) in [6.07, 6.45) is 0. The van der Waals surface area contributed by atoms with Crippen LogP contribution in [-0.2, 0) is 9.84 Å². The SMILES string of the molecule is Cc1cc(Nc2cc(-c3ccccc3C)nc(S(=O)(=O)c3ccc4ccccc4c3)n2)[nH]n1. The van der Waals surface area contributed by atoms with E-state index in [-0.39, 0.29) is 10.1 Å². The molecule has 3 aromatic carbocycles. The molecular formula is C25H21N5O2S. The molecule has 0 fully saturated rings. The third-order valence-corrected chi connectivity index (χ3v) is 6.90. The Kier molecular flexibility index (Phi) is 5.14. The highest BCUT2D eigenvalue weighted by molar-refractivity contribution is 7.91. The molecule has 0 aliphatic heterocycles. The molecule has 0 amide bonds. The van der Waals surface area contributed by atoms with Gasteiger partial charge in [0.15, 0.2) is 0 Å². The van der Waals surface area contributed by atoms with E-state index >= 15 is 0 Å². The molecule has 5 aromatic rings. The minimum absolute atomic E-state index is 0.145. The molecule has 0 radical (unpaired) electrons. The van der Waals surface area contributed by atoms with Crippen LogP contribution in [0, 0.1) is 13.8 Å². The van der Waals surface area contributed by atoms with E-state index in [9.17, 15) is 8.42 Å². The van der Waals surface area contributed by atoms with Crippen molar-refractivity contribution in [1.82, 2.24) is 20.2 Å². The number of nitrogens with zero attached hydrogens (tertiary/aromatic N) is 3. The zero-order chi connectivity index (χ0) is 23.0. The van der Waals surface area contributed by atoms with Crippen molar-refractivity contribution in [2.45, 2.75) is 23.9 Å². The number of fused-ring (bicyclic) bond motifs is 1. The third-order valence-electron chi connectivity index (χ3n) is 5.37. The second kappa shape index (κ2) is 8.14. The molecule has 0 spiro atoms. The van der Waals surface area contributed by atoms with E-state index in [1.165, 1.54) is 0 Å². The molecule has 0 saturated heterocycles. The molecule has 7 nitrogen and oxygen atoms in total. The van der Waals surface area contributed by atoms with Gasteiger partial charge in [-0.2, -0.15) is 5.10 Å². The Hall–Kier alpha value is -4.04. The number of hydrogen-bond donors (Lipinski definition) is 2. The van der Waals surface area contributed by atoms with Crippen LogP contribution >= 0.6 is 0 Å². The van der Waals surface area contributed by atoms with E-state index in [2.05, 4.69) is 25.5 Å². The van der Waals surface area contributed by atoms with Crippen LogP contribution in [0.1, 0.15) is 11.3 Å². The molecule has 5 rings (SSSR count). The molecule has 2 aromatic heterocycles. The number of benzene rings is 3. The molecule has 8 heteroatoms. The smallest absolute Gasteiger partial charge is 0.254 e. The molecule has 0 bridgehead atoms. The summed E-state index contributed by atoms with van der Waals surface area (Å²) in [6, 6.07) is 23.9. The molecule has 164 valence electrons. The van der Waals surface area contributed by atoms with Crippen LogP contribution in [0.2, 0.25) is 0 Å². The Morgan fingerprint density at radius 3 is 2.33 bits per heavy atom. The van der Waals surface area contributed by atoms with Gasteiger partial charge >= 0.3 is 0 Å². The highest BCUT2D eigenvalue weighted by Gasteiger charge is 2.24. The van der Waals surface area contributed by atoms with Gasteiger partial charge in [-0.3, -0.25) is 5.10 Å². The topological polar surface area (TPSA) is 101 Å². The Morgan fingerprint density at radius 2 is 1.58 bits per heavy atom. The first-order valence-corrected chi connectivity index (χ1v) is 11.9. The average molecular weight is 456 g/mol. The van der Waals surface area contributed by atoms with Gasteiger partial charge in [0.05, 0.1) is 16.3 Å². The lowest BCUT2D eigenvalue weighted by molar-refractivity contribution is 0.587. The van der Waals surface area contributed by atoms with Crippen LogP contribution in [0.4, 0.5) is 11.6 Å². The molecule has 0 saturated carbocycles. The molecule has 0 aliphatic rings. The van der Waals surface area contributed by atoms with Gasteiger partial charge < -0.3 is 5.32 Å². The molecule has 33 heavy (non-hydrogen) atoms. The van der Waals surface area contributed by atoms with Crippen molar-refractivity contribution in [2.75, 3.05) is 5.32 Å². The van der Waals surface area contributed by atoms with Crippen molar-refractivity contribution >= 4 is 32.2 Å². The van der Waals surface area contributed by atoms with Crippen LogP contribution in [-0.4, -0.2) is 28.6 Å². The third kappa shape index (κ3) is 4.08. The van der Waals surface area contributed by atoms with Gasteiger partial charge in [-0.15, -0.1) is 0 Å². The van der Waals surface area contributed by atoms with Crippen molar-refractivity contribution in [1.29, 1.82) is 0 Å². The van der Waals surface area contributed by atoms with E-state index in [4.69, 9.17) is 0 Å². The fourth-order valence-corrected chi connectivity index (χ4v) is 4.85. The Balaban J connectivity index is 1.66. The monoisotopic (exact) mass is 455 g/mol. The molecular weight excluding hydrogens is 434 g/mol. The molecule has 2 N–H and O–H groups in total. The van der Waals surface area contributed by atoms with Crippen LogP contribution in [0.5, 0.6) is 0 Å². The molecule has 0 unspecified atom stereocenters. The molecule has 2 heterocycles. The fourth-order valence-electron chi connectivity index (χ4n) is 3.67. The van der Waals surface area contributed by atoms with Crippen LogP contribution in [0.3, 0.4) is 0 Å². The summed E-state index contributed by atoms with van der Waals surface area (Å²) in [5, 5.41) is 11.6. The highest BCUT2D eigenvalue weighted by Crippen LogP contribution is 2.29. The lowest BCUT2D eigenvalue weighted by atomic mass is 10.1. The predicted molar refractivity (Wildman–Crippen MR) is 128 cm³/mol. The summed E-state index contributed by atoms with van der Waals surface area (Å²) in [7, 11) is -3.97. The summed E-state index contributed by atoms with van der Waals surface area (Å²) >= 11 is 0. The maximum atomic E-state index is 13.6. The van der Waals surface area contributed by atoms with Gasteiger partial charge in [-0.05, 0) is 42.3 Å². The lowest BCUT2D eigenvalue weighted by Crippen LogP contribution is -2.10. The maximum absolute atomic E-state index is 13.6. The number of aryl methyl sites for hydroxylation is 2. The van der Waals surface area contributed by atoms with E-state index in [0.29, 0.717) is 17.3 Å². The standard InChI is InChI=1S/C25H21N5O2S/c1-16-7-3-6-10-21(16)22-15-23(27-24-13-17(2)29-30-24)28-25(26-22)33(31,32)20-12-11-18-8-4-5-9-19(18)14-20/h3-15H,1-2H3,(H2,26,27,28,29,30). The second-order valence-electron chi connectivity index (χ2n) is 7.80. The number of hydrogen-bond acceptors (Lipinski definition) is 6. The number of anilines is 2. The van der Waals surface area contributed by atoms with Crippen LogP contribution in [0.25, 0.3) is 22.0 Å². The minimum Gasteiger partial charge on any atom is -0.325 e. The maximum Gasteiger partial charge on any atom is 0.254 e. The van der Waals surface area contributed by atoms with Gasteiger partial charge in [-0.1, -0.05) is 54.6 Å². The highest BCUT2D eigenvalue weighted by atomic mass is 32.2. The zero-order valence-electron chi connectivity index (χ0n) is 18.1. The first-order valence-electron chi connectivity index (χ1n) is 10.4. The van der Waals surface area contributed by atoms with Crippen molar-refractivity contribution < 1.29 is 8.42 Å². The van der Waals surface area contributed by atoms with E-state index in [1.807, 2.05) is 68.4 Å². The van der Waals surface area contributed by atoms with Gasteiger partial charge in [0.1, 0.15) is 11.6 Å². The van der Waals surface area contributed by atoms with Crippen LogP contribution < -0.4 is 5.32 Å². The Bertz CT molecular complexity index is 1590. The Morgan fingerprint density at radius 1 is 0.818 bits per heavy atom. The van der Waals surface area contributed by atoms with Crippen molar-refractivity contribution in [3.05, 3.63) is 90.1 Å². The normalized spacial score (nSPS) is 11.6. The number of aromatic nitrogens is 4. The largest absolute Gasteiger partial charge is 0.325 e. The number of sulfone groups is 1. The fraction of sp³-hybridized carbons (Fsp3) is 0.0800. The van der Waals surface area contributed by atoms with Gasteiger partial charge in [-0.25, -0.2) is 18.4 Å². The summed E-state index contributed by atoms with van der Waals surface area (Å²) in [5.41, 5.74) is 3.13. The van der Waals surface area contributed by atoms with E-state index in [1.54, 1.807) is 24.3 Å². The summed E-state index contributed by atoms with van der Waals surface area (Å²) in [6.45, 7) is 3.82. The number of H-pyrrole nitrogens is 1. The quantitative estimate of drug-likeness (QED) is 0.353. The Labute approximate surface area is 191 Å². The molecule has 0 atom stereocenters. The van der Waals surface area contributed by atoms with Crippen molar-refractivity contribution in [2.24, 2.45) is 0 Å². The van der Waals surface area contributed by atoms with Crippen molar-refractivity contribution in [3.63, 3.8) is 0 Å². The van der Waals surface area contributed by atoms with Gasteiger partial charge in [0.25, 0.3) is 5.16 Å². The van der Waals surface area contributed by atoms with Gasteiger partial charge in [0, 0.05) is 17.7 Å². The number of nitrogens with one attached hydrogen (secondary N) is 2. The summed E-state index contributed by atoms with van der Waals surface area (Å²) < 4.78 is 27.2. The first kappa shape index (κ1) is 20.8. The van der Waals surface area contributed by atoms with Gasteiger partial charge in [0.2, 0.25) is 9.84 Å². The first-order chi connectivity index (χ1) is 15.9. The summed E-state index contributed by atoms with van der Waals surface area (Å²) in [5.74, 6) is 0.960. The minimum atomic E-state index is -3.97. The summed E-state index contributed by atoms with van der Waals surface area (Å²) in [4.78, 5) is 8.98. The average Bonchev–Trinajstić information content (AvgIpc) is 3.23. The number of aromatic amines is 1. The second-order valence-corrected chi connectivity index (χ2v) is 9.64.